The number of hydrogen-bond acceptors (Lipinski definition) is 5. The lowest BCUT2D eigenvalue weighted by atomic mass is 9.92. The SMILES string of the molecule is CC(=O)c1c(C)cc(C)c(COC(=O)C(Cc2ccccc2)NC(=O)c2ccco2)c1C. The number of nitrogens with one attached hydrogen (secondary N) is 1. The maximum absolute atomic E-state index is 13.0. The average Bonchev–Trinajstić information content (AvgIpc) is 3.28. The maximum atomic E-state index is 13.0. The van der Waals surface area contributed by atoms with Crippen molar-refractivity contribution in [2.75, 3.05) is 0 Å². The van der Waals surface area contributed by atoms with Gasteiger partial charge in [-0.05, 0) is 67.6 Å². The first-order valence-electron chi connectivity index (χ1n) is 10.4. The summed E-state index contributed by atoms with van der Waals surface area (Å²) in [6, 6.07) is 13.6. The third-order valence-electron chi connectivity index (χ3n) is 5.46. The topological polar surface area (TPSA) is 85.6 Å². The molecule has 3 rings (SSSR count). The number of benzene rings is 2. The lowest BCUT2D eigenvalue weighted by Gasteiger charge is -2.20. The molecule has 1 amide bonds. The number of ketones is 1. The Kier molecular flexibility index (Phi) is 7.25. The zero-order valence-electron chi connectivity index (χ0n) is 18.7. The lowest BCUT2D eigenvalue weighted by Crippen LogP contribution is -2.43. The standard InChI is InChI=1S/C26H27NO5/c1-16-13-17(2)24(19(4)28)18(3)21(16)15-32-26(30)22(14-20-9-6-5-7-10-20)27-25(29)23-11-8-12-31-23/h5-13,22H,14-15H2,1-4H3,(H,27,29). The third kappa shape index (κ3) is 5.32. The zero-order valence-corrected chi connectivity index (χ0v) is 18.7. The van der Waals surface area contributed by atoms with E-state index in [0.29, 0.717) is 5.56 Å². The van der Waals surface area contributed by atoms with Crippen molar-refractivity contribution < 1.29 is 23.5 Å². The Morgan fingerprint density at radius 1 is 1.00 bits per heavy atom. The van der Waals surface area contributed by atoms with Crippen molar-refractivity contribution >= 4 is 17.7 Å². The molecule has 0 fully saturated rings. The second-order valence-electron chi connectivity index (χ2n) is 7.85. The van der Waals surface area contributed by atoms with Gasteiger partial charge in [-0.25, -0.2) is 4.79 Å². The van der Waals surface area contributed by atoms with Gasteiger partial charge < -0.3 is 14.5 Å². The van der Waals surface area contributed by atoms with Gasteiger partial charge in [0.2, 0.25) is 0 Å². The molecule has 166 valence electrons. The number of amides is 1. The van der Waals surface area contributed by atoms with Gasteiger partial charge in [0.05, 0.1) is 6.26 Å². The molecule has 0 radical (unpaired) electrons. The zero-order chi connectivity index (χ0) is 23.3. The highest BCUT2D eigenvalue weighted by molar-refractivity contribution is 5.97. The highest BCUT2D eigenvalue weighted by Gasteiger charge is 2.25. The number of ether oxygens (including phenoxy) is 1. The minimum absolute atomic E-state index is 0.0129. The van der Waals surface area contributed by atoms with Crippen molar-refractivity contribution in [1.29, 1.82) is 0 Å². The molecule has 1 aromatic heterocycles. The smallest absolute Gasteiger partial charge is 0.329 e. The van der Waals surface area contributed by atoms with Crippen LogP contribution in [0.15, 0.2) is 59.2 Å². The van der Waals surface area contributed by atoms with Gasteiger partial charge in [0.1, 0.15) is 12.6 Å². The van der Waals surface area contributed by atoms with Gasteiger partial charge in [-0.2, -0.15) is 0 Å². The van der Waals surface area contributed by atoms with E-state index in [9.17, 15) is 14.4 Å². The van der Waals surface area contributed by atoms with Crippen LogP contribution in [0, 0.1) is 20.8 Å². The van der Waals surface area contributed by atoms with Crippen LogP contribution in [0.5, 0.6) is 0 Å². The first-order chi connectivity index (χ1) is 15.3. The molecule has 1 heterocycles. The normalized spacial score (nSPS) is 11.6. The molecule has 1 N–H and O–H groups in total. The van der Waals surface area contributed by atoms with Crippen LogP contribution in [-0.4, -0.2) is 23.7 Å². The molecule has 1 unspecified atom stereocenters. The van der Waals surface area contributed by atoms with Crippen LogP contribution in [0.1, 0.15) is 55.7 Å². The number of rotatable bonds is 8. The average molecular weight is 434 g/mol. The van der Waals surface area contributed by atoms with Crippen LogP contribution in [0.3, 0.4) is 0 Å². The van der Waals surface area contributed by atoms with E-state index in [0.717, 1.165) is 27.8 Å². The summed E-state index contributed by atoms with van der Waals surface area (Å²) in [5.74, 6) is -0.959. The monoisotopic (exact) mass is 433 g/mol. The van der Waals surface area contributed by atoms with E-state index in [2.05, 4.69) is 5.32 Å². The van der Waals surface area contributed by atoms with Gasteiger partial charge in [-0.1, -0.05) is 36.4 Å². The molecular weight excluding hydrogens is 406 g/mol. The van der Waals surface area contributed by atoms with Gasteiger partial charge in [0.25, 0.3) is 5.91 Å². The summed E-state index contributed by atoms with van der Waals surface area (Å²) in [6.07, 6.45) is 1.67. The van der Waals surface area contributed by atoms with E-state index in [-0.39, 0.29) is 24.6 Å². The van der Waals surface area contributed by atoms with Crippen molar-refractivity contribution in [1.82, 2.24) is 5.32 Å². The summed E-state index contributed by atoms with van der Waals surface area (Å²) >= 11 is 0. The van der Waals surface area contributed by atoms with Gasteiger partial charge in [-0.3, -0.25) is 9.59 Å². The predicted octanol–water partition coefficient (Wildman–Crippen LogP) is 4.49. The highest BCUT2D eigenvalue weighted by Crippen LogP contribution is 2.24. The van der Waals surface area contributed by atoms with Crippen LogP contribution in [0.25, 0.3) is 0 Å². The Morgan fingerprint density at radius 2 is 1.72 bits per heavy atom. The number of carbonyl (C=O) groups is 3. The van der Waals surface area contributed by atoms with Crippen molar-refractivity contribution in [3.63, 3.8) is 0 Å². The maximum Gasteiger partial charge on any atom is 0.329 e. The second-order valence-corrected chi connectivity index (χ2v) is 7.85. The van der Waals surface area contributed by atoms with Gasteiger partial charge in [0.15, 0.2) is 11.5 Å². The summed E-state index contributed by atoms with van der Waals surface area (Å²) in [4.78, 5) is 37.6. The molecule has 0 aliphatic rings. The number of hydrogen-bond donors (Lipinski definition) is 1. The summed E-state index contributed by atoms with van der Waals surface area (Å²) < 4.78 is 10.8. The molecular formula is C26H27NO5. The molecule has 32 heavy (non-hydrogen) atoms. The van der Waals surface area contributed by atoms with Gasteiger partial charge >= 0.3 is 5.97 Å². The summed E-state index contributed by atoms with van der Waals surface area (Å²) in [5.41, 5.74) is 4.98. The number of carbonyl (C=O) groups excluding carboxylic acids is 3. The van der Waals surface area contributed by atoms with Crippen molar-refractivity contribution in [2.24, 2.45) is 0 Å². The van der Waals surface area contributed by atoms with E-state index in [4.69, 9.17) is 9.15 Å². The van der Waals surface area contributed by atoms with Crippen LogP contribution < -0.4 is 5.32 Å². The van der Waals surface area contributed by atoms with E-state index in [1.165, 1.54) is 19.3 Å². The van der Waals surface area contributed by atoms with E-state index >= 15 is 0 Å². The van der Waals surface area contributed by atoms with Crippen LogP contribution in [-0.2, 0) is 22.6 Å². The number of furan rings is 1. The molecule has 0 aliphatic carbocycles. The molecule has 6 heteroatoms. The van der Waals surface area contributed by atoms with E-state index in [1.54, 1.807) is 6.07 Å². The highest BCUT2D eigenvalue weighted by atomic mass is 16.5. The fourth-order valence-electron chi connectivity index (χ4n) is 3.91. The second kappa shape index (κ2) is 10.1. The molecule has 0 saturated carbocycles. The number of esters is 1. The summed E-state index contributed by atoms with van der Waals surface area (Å²) in [5, 5.41) is 2.71. The quantitative estimate of drug-likeness (QED) is 0.418. The van der Waals surface area contributed by atoms with Crippen LogP contribution in [0.2, 0.25) is 0 Å². The molecule has 1 atom stereocenters. The predicted molar refractivity (Wildman–Crippen MR) is 121 cm³/mol. The minimum Gasteiger partial charge on any atom is -0.459 e. The molecule has 2 aromatic carbocycles. The number of aryl methyl sites for hydroxylation is 2. The molecule has 3 aromatic rings. The molecule has 0 aliphatic heterocycles. The Labute approximate surface area is 187 Å². The van der Waals surface area contributed by atoms with Crippen LogP contribution >= 0.6 is 0 Å². The molecule has 0 spiro atoms. The Bertz CT molecular complexity index is 1120. The Balaban J connectivity index is 1.80. The Morgan fingerprint density at radius 3 is 2.34 bits per heavy atom. The molecule has 6 nitrogen and oxygen atoms in total. The fraction of sp³-hybridized carbons (Fsp3) is 0.269. The lowest BCUT2D eigenvalue weighted by molar-refractivity contribution is -0.147. The van der Waals surface area contributed by atoms with Crippen molar-refractivity contribution in [3.8, 4) is 0 Å². The van der Waals surface area contributed by atoms with Crippen molar-refractivity contribution in [3.05, 3.63) is 93.9 Å². The largest absolute Gasteiger partial charge is 0.459 e. The van der Waals surface area contributed by atoms with Gasteiger partial charge in [0, 0.05) is 12.0 Å². The van der Waals surface area contributed by atoms with Crippen LogP contribution in [0.4, 0.5) is 0 Å². The first-order valence-corrected chi connectivity index (χ1v) is 10.4. The van der Waals surface area contributed by atoms with E-state index < -0.39 is 17.9 Å². The molecule has 0 saturated heterocycles. The minimum atomic E-state index is -0.895. The summed E-state index contributed by atoms with van der Waals surface area (Å²) in [6.45, 7) is 7.22. The number of Topliss-reactive ketones (excluding diaryl/α,β-unsaturated/α-hetero) is 1. The fourth-order valence-corrected chi connectivity index (χ4v) is 3.91. The Hall–Kier alpha value is -3.67. The van der Waals surface area contributed by atoms with Gasteiger partial charge in [-0.15, -0.1) is 0 Å². The summed E-state index contributed by atoms with van der Waals surface area (Å²) in [7, 11) is 0. The third-order valence-corrected chi connectivity index (χ3v) is 5.46. The molecule has 0 bridgehead atoms. The van der Waals surface area contributed by atoms with Crippen molar-refractivity contribution in [2.45, 2.75) is 46.8 Å². The first kappa shape index (κ1) is 23.0. The van der Waals surface area contributed by atoms with E-state index in [1.807, 2.05) is 57.2 Å².